The summed E-state index contributed by atoms with van der Waals surface area (Å²) in [4.78, 5) is 13.2. The lowest BCUT2D eigenvalue weighted by Gasteiger charge is -2.16. The Kier molecular flexibility index (Phi) is 3.28. The van der Waals surface area contributed by atoms with Gasteiger partial charge in [0, 0.05) is 41.9 Å². The van der Waals surface area contributed by atoms with E-state index < -0.39 is 18.4 Å². The molecule has 3 heterocycles. The van der Waals surface area contributed by atoms with E-state index in [9.17, 15) is 8.78 Å². The van der Waals surface area contributed by atoms with Crippen LogP contribution in [0.15, 0.2) is 36.8 Å². The monoisotopic (exact) mass is 354 g/mol. The summed E-state index contributed by atoms with van der Waals surface area (Å²) in [7, 11) is 0. The molecule has 1 saturated carbocycles. The number of alkyl halides is 2. The van der Waals surface area contributed by atoms with Gasteiger partial charge in [0.05, 0.1) is 24.1 Å². The van der Waals surface area contributed by atoms with Crippen molar-refractivity contribution < 1.29 is 8.78 Å². The first-order chi connectivity index (χ1) is 12.6. The maximum absolute atomic E-state index is 13.8. The summed E-state index contributed by atoms with van der Waals surface area (Å²) in [5.74, 6) is -2.95. The Bertz CT molecular complexity index is 1020. The topological polar surface area (TPSA) is 68.0 Å². The molecule has 3 aromatic rings. The minimum absolute atomic E-state index is 0.248. The largest absolute Gasteiger partial charge is 0.348 e. The second-order valence-electron chi connectivity index (χ2n) is 6.71. The molecule has 2 aliphatic carbocycles. The van der Waals surface area contributed by atoms with Gasteiger partial charge in [-0.05, 0) is 18.9 Å². The normalized spacial score (nSPS) is 16.6. The first-order valence-corrected chi connectivity index (χ1v) is 8.59. The summed E-state index contributed by atoms with van der Waals surface area (Å²) in [5, 5.41) is 6.83. The summed E-state index contributed by atoms with van der Waals surface area (Å²) < 4.78 is 29.3. The van der Waals surface area contributed by atoms with Crippen LogP contribution in [-0.4, -0.2) is 37.0 Å². The summed E-state index contributed by atoms with van der Waals surface area (Å²) in [6.07, 6.45) is 9.10. The number of anilines is 1. The van der Waals surface area contributed by atoms with E-state index in [1.54, 1.807) is 16.9 Å². The summed E-state index contributed by atoms with van der Waals surface area (Å²) in [5.41, 5.74) is 4.25. The van der Waals surface area contributed by atoms with Crippen molar-refractivity contribution in [3.05, 3.63) is 53.8 Å². The molecule has 0 bridgehead atoms. The number of fused-ring (bicyclic) bond motifs is 2. The third kappa shape index (κ3) is 2.61. The Morgan fingerprint density at radius 3 is 2.96 bits per heavy atom. The third-order valence-electron chi connectivity index (χ3n) is 4.85. The number of hydrogen-bond donors (Lipinski definition) is 1. The maximum atomic E-state index is 13.8. The molecular formula is C18H16F2N6. The molecule has 0 radical (unpaired) electrons. The molecule has 0 aromatic carbocycles. The number of aromatic nitrogens is 5. The van der Waals surface area contributed by atoms with Gasteiger partial charge in [-0.25, -0.2) is 28.2 Å². The van der Waals surface area contributed by atoms with Crippen LogP contribution in [0.2, 0.25) is 0 Å². The van der Waals surface area contributed by atoms with Crippen LogP contribution in [-0.2, 0) is 6.42 Å². The third-order valence-corrected chi connectivity index (χ3v) is 4.85. The van der Waals surface area contributed by atoms with E-state index in [1.807, 2.05) is 24.4 Å². The van der Waals surface area contributed by atoms with Crippen LogP contribution in [0, 0.1) is 5.92 Å². The van der Waals surface area contributed by atoms with Crippen molar-refractivity contribution in [3.8, 4) is 0 Å². The van der Waals surface area contributed by atoms with Gasteiger partial charge in [0.15, 0.2) is 5.65 Å². The molecule has 0 aliphatic heterocycles. The molecule has 1 fully saturated rings. The summed E-state index contributed by atoms with van der Waals surface area (Å²) in [6, 6.07) is 3.73. The van der Waals surface area contributed by atoms with Gasteiger partial charge in [0.2, 0.25) is 5.95 Å². The van der Waals surface area contributed by atoms with Gasteiger partial charge >= 0.3 is 0 Å². The Morgan fingerprint density at radius 2 is 2.12 bits per heavy atom. The number of hydrogen-bond acceptors (Lipinski definition) is 5. The SMILES string of the molecule is FC(F)(CNc1ncc2c(n1)CC=C2c1ccn2nccc2n1)C1CC1. The predicted molar refractivity (Wildman–Crippen MR) is 92.0 cm³/mol. The second-order valence-corrected chi connectivity index (χ2v) is 6.71. The predicted octanol–water partition coefficient (Wildman–Crippen LogP) is 2.96. The molecule has 5 rings (SSSR count). The Hall–Kier alpha value is -2.90. The molecule has 1 N–H and O–H groups in total. The first-order valence-electron chi connectivity index (χ1n) is 8.59. The highest BCUT2D eigenvalue weighted by molar-refractivity contribution is 5.82. The highest BCUT2D eigenvalue weighted by atomic mass is 19.3. The quantitative estimate of drug-likeness (QED) is 0.763. The van der Waals surface area contributed by atoms with Crippen molar-refractivity contribution in [2.45, 2.75) is 25.2 Å². The van der Waals surface area contributed by atoms with Crippen molar-refractivity contribution >= 4 is 17.2 Å². The number of nitrogens with one attached hydrogen (secondary N) is 1. The van der Waals surface area contributed by atoms with Crippen LogP contribution in [0.1, 0.15) is 29.8 Å². The van der Waals surface area contributed by atoms with E-state index in [4.69, 9.17) is 0 Å². The average molecular weight is 354 g/mol. The highest BCUT2D eigenvalue weighted by Crippen LogP contribution is 2.43. The summed E-state index contributed by atoms with van der Waals surface area (Å²) >= 11 is 0. The molecule has 0 amide bonds. The number of allylic oxidation sites excluding steroid dienone is 1. The maximum Gasteiger partial charge on any atom is 0.267 e. The zero-order valence-corrected chi connectivity index (χ0v) is 13.9. The van der Waals surface area contributed by atoms with E-state index in [0.29, 0.717) is 19.3 Å². The molecular weight excluding hydrogens is 338 g/mol. The molecule has 3 aromatic heterocycles. The first kappa shape index (κ1) is 15.4. The molecule has 26 heavy (non-hydrogen) atoms. The van der Waals surface area contributed by atoms with E-state index in [0.717, 1.165) is 28.2 Å². The summed E-state index contributed by atoms with van der Waals surface area (Å²) in [6.45, 7) is -0.420. The van der Waals surface area contributed by atoms with E-state index in [-0.39, 0.29) is 5.95 Å². The van der Waals surface area contributed by atoms with Crippen LogP contribution in [0.25, 0.3) is 11.2 Å². The van der Waals surface area contributed by atoms with Gasteiger partial charge in [-0.1, -0.05) is 6.08 Å². The fourth-order valence-corrected chi connectivity index (χ4v) is 3.24. The van der Waals surface area contributed by atoms with Crippen LogP contribution < -0.4 is 5.32 Å². The zero-order chi connectivity index (χ0) is 17.7. The van der Waals surface area contributed by atoms with Crippen LogP contribution in [0.3, 0.4) is 0 Å². The molecule has 8 heteroatoms. The Balaban J connectivity index is 1.37. The van der Waals surface area contributed by atoms with E-state index in [2.05, 4.69) is 25.4 Å². The van der Waals surface area contributed by atoms with Crippen LogP contribution in [0.4, 0.5) is 14.7 Å². The Morgan fingerprint density at radius 1 is 1.23 bits per heavy atom. The molecule has 132 valence electrons. The van der Waals surface area contributed by atoms with Crippen molar-refractivity contribution in [3.63, 3.8) is 0 Å². The molecule has 6 nitrogen and oxygen atoms in total. The minimum Gasteiger partial charge on any atom is -0.348 e. The van der Waals surface area contributed by atoms with Crippen LogP contribution >= 0.6 is 0 Å². The van der Waals surface area contributed by atoms with Gasteiger partial charge in [-0.3, -0.25) is 0 Å². The van der Waals surface area contributed by atoms with Crippen molar-refractivity contribution in [1.29, 1.82) is 0 Å². The molecule has 0 atom stereocenters. The van der Waals surface area contributed by atoms with Crippen LogP contribution in [0.5, 0.6) is 0 Å². The smallest absolute Gasteiger partial charge is 0.267 e. The van der Waals surface area contributed by atoms with Gasteiger partial charge in [-0.2, -0.15) is 5.10 Å². The minimum atomic E-state index is -2.70. The lowest BCUT2D eigenvalue weighted by atomic mass is 10.1. The van der Waals surface area contributed by atoms with Gasteiger partial charge in [0.1, 0.15) is 0 Å². The highest BCUT2D eigenvalue weighted by Gasteiger charge is 2.46. The van der Waals surface area contributed by atoms with E-state index in [1.165, 1.54) is 0 Å². The van der Waals surface area contributed by atoms with Crippen molar-refractivity contribution in [1.82, 2.24) is 24.6 Å². The Labute approximate surface area is 148 Å². The molecule has 0 unspecified atom stereocenters. The fourth-order valence-electron chi connectivity index (χ4n) is 3.24. The van der Waals surface area contributed by atoms with Gasteiger partial charge in [-0.15, -0.1) is 0 Å². The van der Waals surface area contributed by atoms with Crippen molar-refractivity contribution in [2.24, 2.45) is 5.92 Å². The van der Waals surface area contributed by atoms with Gasteiger partial charge in [0.25, 0.3) is 5.92 Å². The van der Waals surface area contributed by atoms with E-state index >= 15 is 0 Å². The lowest BCUT2D eigenvalue weighted by Crippen LogP contribution is -2.30. The average Bonchev–Trinajstić information content (AvgIpc) is 3.27. The zero-order valence-electron chi connectivity index (χ0n) is 13.9. The number of halogens is 2. The van der Waals surface area contributed by atoms with Crippen molar-refractivity contribution in [2.75, 3.05) is 11.9 Å². The molecule has 0 saturated heterocycles. The number of rotatable bonds is 5. The second kappa shape index (κ2) is 5.55. The van der Waals surface area contributed by atoms with Gasteiger partial charge < -0.3 is 5.32 Å². The molecule has 0 spiro atoms. The fraction of sp³-hybridized carbons (Fsp3) is 0.333. The molecule has 2 aliphatic rings. The number of nitrogens with zero attached hydrogens (tertiary/aromatic N) is 5. The standard InChI is InChI=1S/C18H16F2N6/c19-18(20,11-1-2-11)10-22-17-21-9-13-12(3-4-14(13)25-17)15-6-8-26-16(24-15)5-7-23-26/h3,5-9,11H,1-2,4,10H2,(H,21,22,25). The lowest BCUT2D eigenvalue weighted by molar-refractivity contribution is -0.00832.